The zero-order chi connectivity index (χ0) is 12.7. The Kier molecular flexibility index (Phi) is 2.26. The smallest absolute Gasteiger partial charge is 0.295 e. The largest absolute Gasteiger partial charge is 0.351 e. The molecule has 1 unspecified atom stereocenters. The van der Waals surface area contributed by atoms with Gasteiger partial charge in [0.15, 0.2) is 5.65 Å². The number of hydrogen-bond acceptors (Lipinski definition) is 4. The van der Waals surface area contributed by atoms with Gasteiger partial charge in [0.05, 0.1) is 0 Å². The number of aromatic nitrogens is 3. The van der Waals surface area contributed by atoms with Crippen molar-refractivity contribution in [1.29, 1.82) is 0 Å². The molecule has 1 saturated heterocycles. The standard InChI is InChI=1S/C11H10N4O3/c16-9-5-4-7(10(17)12-9)15-11(18)14-6-2-1-3-8(14)13-15/h1-3,6-7H,4-5H2,(H,12,16,17). The number of nitrogens with zero attached hydrogens (tertiary/aromatic N) is 3. The van der Waals surface area contributed by atoms with Gasteiger partial charge in [-0.3, -0.25) is 19.3 Å². The Labute approximate surface area is 101 Å². The van der Waals surface area contributed by atoms with Crippen LogP contribution < -0.4 is 11.0 Å². The summed E-state index contributed by atoms with van der Waals surface area (Å²) in [6.45, 7) is 0. The van der Waals surface area contributed by atoms with Gasteiger partial charge in [0, 0.05) is 12.6 Å². The molecule has 7 nitrogen and oxygen atoms in total. The van der Waals surface area contributed by atoms with Gasteiger partial charge >= 0.3 is 5.69 Å². The molecule has 1 atom stereocenters. The third-order valence-corrected chi connectivity index (χ3v) is 2.96. The molecule has 1 aliphatic heterocycles. The number of rotatable bonds is 1. The molecule has 1 aliphatic rings. The summed E-state index contributed by atoms with van der Waals surface area (Å²) in [5, 5.41) is 6.32. The van der Waals surface area contributed by atoms with Crippen molar-refractivity contribution in [2.24, 2.45) is 0 Å². The van der Waals surface area contributed by atoms with Crippen molar-refractivity contribution in [3.8, 4) is 0 Å². The molecule has 0 aromatic carbocycles. The fraction of sp³-hybridized carbons (Fsp3) is 0.273. The number of nitrogens with one attached hydrogen (secondary N) is 1. The monoisotopic (exact) mass is 246 g/mol. The summed E-state index contributed by atoms with van der Waals surface area (Å²) >= 11 is 0. The lowest BCUT2D eigenvalue weighted by atomic mass is 10.1. The van der Waals surface area contributed by atoms with E-state index in [1.54, 1.807) is 24.4 Å². The van der Waals surface area contributed by atoms with Gasteiger partial charge in [0.25, 0.3) is 5.91 Å². The Hall–Kier alpha value is -2.44. The molecule has 18 heavy (non-hydrogen) atoms. The minimum Gasteiger partial charge on any atom is -0.295 e. The van der Waals surface area contributed by atoms with Gasteiger partial charge in [0.2, 0.25) is 5.91 Å². The van der Waals surface area contributed by atoms with E-state index in [4.69, 9.17) is 0 Å². The van der Waals surface area contributed by atoms with Gasteiger partial charge in [0.1, 0.15) is 6.04 Å². The van der Waals surface area contributed by atoms with E-state index in [1.165, 1.54) is 4.40 Å². The lowest BCUT2D eigenvalue weighted by Gasteiger charge is -2.19. The van der Waals surface area contributed by atoms with E-state index in [1.807, 2.05) is 0 Å². The van der Waals surface area contributed by atoms with E-state index in [9.17, 15) is 14.4 Å². The highest BCUT2D eigenvalue weighted by Gasteiger charge is 2.30. The maximum Gasteiger partial charge on any atom is 0.351 e. The summed E-state index contributed by atoms with van der Waals surface area (Å²) in [5.74, 6) is -0.787. The van der Waals surface area contributed by atoms with Gasteiger partial charge in [-0.15, -0.1) is 5.10 Å². The second-order valence-corrected chi connectivity index (χ2v) is 4.12. The van der Waals surface area contributed by atoms with Crippen LogP contribution in [0.1, 0.15) is 18.9 Å². The van der Waals surface area contributed by atoms with Crippen molar-refractivity contribution in [1.82, 2.24) is 19.5 Å². The number of amides is 2. The van der Waals surface area contributed by atoms with Crippen LogP contribution in [0, 0.1) is 0 Å². The van der Waals surface area contributed by atoms with E-state index < -0.39 is 11.9 Å². The van der Waals surface area contributed by atoms with Gasteiger partial charge in [-0.1, -0.05) is 6.07 Å². The van der Waals surface area contributed by atoms with Gasteiger partial charge in [-0.2, -0.15) is 4.68 Å². The number of carbonyl (C=O) groups is 2. The van der Waals surface area contributed by atoms with E-state index in [2.05, 4.69) is 10.4 Å². The summed E-state index contributed by atoms with van der Waals surface area (Å²) in [4.78, 5) is 34.8. The average molecular weight is 246 g/mol. The third kappa shape index (κ3) is 1.52. The first-order chi connectivity index (χ1) is 8.66. The molecule has 2 aromatic rings. The number of imide groups is 1. The van der Waals surface area contributed by atoms with Crippen LogP contribution in [0.15, 0.2) is 29.2 Å². The van der Waals surface area contributed by atoms with E-state index in [0.717, 1.165) is 4.68 Å². The fourth-order valence-corrected chi connectivity index (χ4v) is 2.06. The molecule has 3 heterocycles. The van der Waals surface area contributed by atoms with Crippen molar-refractivity contribution in [3.63, 3.8) is 0 Å². The summed E-state index contributed by atoms with van der Waals surface area (Å²) < 4.78 is 2.50. The molecule has 1 fully saturated rings. The van der Waals surface area contributed by atoms with Gasteiger partial charge in [-0.05, 0) is 18.6 Å². The second kappa shape index (κ2) is 3.80. The van der Waals surface area contributed by atoms with Crippen molar-refractivity contribution >= 4 is 17.5 Å². The highest BCUT2D eigenvalue weighted by atomic mass is 16.2. The van der Waals surface area contributed by atoms with Crippen LogP contribution in [0.3, 0.4) is 0 Å². The first-order valence-electron chi connectivity index (χ1n) is 5.56. The highest BCUT2D eigenvalue weighted by molar-refractivity contribution is 5.99. The summed E-state index contributed by atoms with van der Waals surface area (Å²) in [6.07, 6.45) is 2.11. The van der Waals surface area contributed by atoms with Crippen LogP contribution in [0.2, 0.25) is 0 Å². The zero-order valence-corrected chi connectivity index (χ0v) is 9.37. The van der Waals surface area contributed by atoms with Crippen LogP contribution in [-0.2, 0) is 9.59 Å². The molecule has 1 N–H and O–H groups in total. The molecule has 0 saturated carbocycles. The predicted molar refractivity (Wildman–Crippen MR) is 60.9 cm³/mol. The average Bonchev–Trinajstić information content (AvgIpc) is 2.68. The Morgan fingerprint density at radius 2 is 2.11 bits per heavy atom. The van der Waals surface area contributed by atoms with Crippen molar-refractivity contribution in [2.45, 2.75) is 18.9 Å². The molecule has 2 amide bonds. The topological polar surface area (TPSA) is 85.5 Å². The quantitative estimate of drug-likeness (QED) is 0.686. The number of hydrogen-bond donors (Lipinski definition) is 1. The van der Waals surface area contributed by atoms with Crippen molar-refractivity contribution in [3.05, 3.63) is 34.9 Å². The molecule has 2 aromatic heterocycles. The Bertz CT molecular complexity index is 700. The van der Waals surface area contributed by atoms with E-state index in [0.29, 0.717) is 12.1 Å². The number of piperidine rings is 1. The number of pyridine rings is 1. The first-order valence-corrected chi connectivity index (χ1v) is 5.56. The Morgan fingerprint density at radius 3 is 2.83 bits per heavy atom. The van der Waals surface area contributed by atoms with Crippen LogP contribution in [0.25, 0.3) is 5.65 Å². The Balaban J connectivity index is 2.09. The number of fused-ring (bicyclic) bond motifs is 1. The van der Waals surface area contributed by atoms with E-state index in [-0.39, 0.29) is 18.0 Å². The van der Waals surface area contributed by atoms with Crippen LogP contribution in [0.5, 0.6) is 0 Å². The maximum atomic E-state index is 12.1. The Morgan fingerprint density at radius 1 is 1.28 bits per heavy atom. The minimum atomic E-state index is -0.713. The highest BCUT2D eigenvalue weighted by Crippen LogP contribution is 2.15. The van der Waals surface area contributed by atoms with Crippen molar-refractivity contribution < 1.29 is 9.59 Å². The molecule has 0 bridgehead atoms. The predicted octanol–water partition coefficient (Wildman–Crippen LogP) is -0.526. The zero-order valence-electron chi connectivity index (χ0n) is 9.37. The van der Waals surface area contributed by atoms with Gasteiger partial charge < -0.3 is 0 Å². The number of carbonyl (C=O) groups excluding carboxylic acids is 2. The lowest BCUT2D eigenvalue weighted by molar-refractivity contribution is -0.136. The van der Waals surface area contributed by atoms with Gasteiger partial charge in [-0.25, -0.2) is 4.79 Å². The molecule has 7 heteroatoms. The molecule has 0 spiro atoms. The fourth-order valence-electron chi connectivity index (χ4n) is 2.06. The second-order valence-electron chi connectivity index (χ2n) is 4.12. The van der Waals surface area contributed by atoms with Crippen molar-refractivity contribution in [2.75, 3.05) is 0 Å². The third-order valence-electron chi connectivity index (χ3n) is 2.96. The summed E-state index contributed by atoms with van der Waals surface area (Å²) in [5.41, 5.74) is 0.104. The molecular weight excluding hydrogens is 236 g/mol. The lowest BCUT2D eigenvalue weighted by Crippen LogP contribution is -2.44. The minimum absolute atomic E-state index is 0.219. The molecule has 0 aliphatic carbocycles. The maximum absolute atomic E-state index is 12.1. The summed E-state index contributed by atoms with van der Waals surface area (Å²) in [7, 11) is 0. The molecule has 3 rings (SSSR count). The molecule has 92 valence electrons. The molecule has 0 radical (unpaired) electrons. The van der Waals surface area contributed by atoms with E-state index >= 15 is 0 Å². The molecular formula is C11H10N4O3. The summed E-state index contributed by atoms with van der Waals surface area (Å²) in [6, 6.07) is 4.45. The van der Waals surface area contributed by atoms with Crippen LogP contribution in [0.4, 0.5) is 0 Å². The first kappa shape index (κ1) is 10.7. The normalized spacial score (nSPS) is 20.1. The SMILES string of the molecule is O=C1CCC(n2nc3ccccn3c2=O)C(=O)N1. The van der Waals surface area contributed by atoms with Crippen LogP contribution >= 0.6 is 0 Å². The van der Waals surface area contributed by atoms with Crippen LogP contribution in [-0.4, -0.2) is 26.0 Å².